The van der Waals surface area contributed by atoms with Crippen molar-refractivity contribution in [2.24, 2.45) is 5.41 Å². The summed E-state index contributed by atoms with van der Waals surface area (Å²) in [5.74, 6) is 0.0446. The molecule has 2 fully saturated rings. The Morgan fingerprint density at radius 2 is 1.56 bits per heavy atom. The van der Waals surface area contributed by atoms with Crippen LogP contribution in [0.15, 0.2) is 60.7 Å². The van der Waals surface area contributed by atoms with Gasteiger partial charge in [-0.05, 0) is 24.1 Å². The van der Waals surface area contributed by atoms with Crippen molar-refractivity contribution >= 4 is 11.8 Å². The van der Waals surface area contributed by atoms with Gasteiger partial charge in [-0.2, -0.15) is 0 Å². The van der Waals surface area contributed by atoms with Gasteiger partial charge in [0.25, 0.3) is 0 Å². The highest BCUT2D eigenvalue weighted by molar-refractivity contribution is 6.06. The lowest BCUT2D eigenvalue weighted by molar-refractivity contribution is -0.128. The molecule has 0 radical (unpaired) electrons. The summed E-state index contributed by atoms with van der Waals surface area (Å²) >= 11 is 0. The summed E-state index contributed by atoms with van der Waals surface area (Å²) in [6, 6.07) is 21.0. The highest BCUT2D eigenvalue weighted by Gasteiger charge is 2.50. The first-order valence-electron chi connectivity index (χ1n) is 8.83. The number of benzene rings is 2. The molecule has 1 N–H and O–H groups in total. The van der Waals surface area contributed by atoms with Gasteiger partial charge in [-0.1, -0.05) is 60.7 Å². The number of amides is 2. The molecule has 25 heavy (non-hydrogen) atoms. The van der Waals surface area contributed by atoms with Crippen LogP contribution in [0.25, 0.3) is 0 Å². The zero-order valence-corrected chi connectivity index (χ0v) is 14.2. The molecule has 4 heteroatoms. The Bertz CT molecular complexity index is 735. The summed E-state index contributed by atoms with van der Waals surface area (Å²) < 4.78 is 0. The van der Waals surface area contributed by atoms with E-state index in [1.165, 1.54) is 11.1 Å². The van der Waals surface area contributed by atoms with E-state index in [2.05, 4.69) is 58.7 Å². The highest BCUT2D eigenvalue weighted by atomic mass is 16.2. The number of carbonyl (C=O) groups excluding carboxylic acids is 2. The Kier molecular flexibility index (Phi) is 4.14. The van der Waals surface area contributed by atoms with E-state index in [9.17, 15) is 9.59 Å². The number of likely N-dealkylation sites (tertiary alicyclic amines) is 1. The fourth-order valence-corrected chi connectivity index (χ4v) is 4.17. The fraction of sp³-hybridized carbons (Fsp3) is 0.333. The molecule has 2 aromatic rings. The van der Waals surface area contributed by atoms with E-state index in [1.54, 1.807) is 0 Å². The van der Waals surface area contributed by atoms with E-state index in [4.69, 9.17) is 0 Å². The lowest BCUT2D eigenvalue weighted by Gasteiger charge is -2.26. The lowest BCUT2D eigenvalue weighted by atomic mass is 9.85. The summed E-state index contributed by atoms with van der Waals surface area (Å²) in [7, 11) is 0. The quantitative estimate of drug-likeness (QED) is 0.874. The van der Waals surface area contributed by atoms with Crippen LogP contribution in [0.4, 0.5) is 0 Å². The van der Waals surface area contributed by atoms with Crippen molar-refractivity contribution in [2.75, 3.05) is 19.6 Å². The highest BCUT2D eigenvalue weighted by Crippen LogP contribution is 2.39. The Hall–Kier alpha value is -2.46. The van der Waals surface area contributed by atoms with Crippen LogP contribution in [0.2, 0.25) is 0 Å². The van der Waals surface area contributed by atoms with Crippen molar-refractivity contribution in [3.8, 4) is 0 Å². The van der Waals surface area contributed by atoms with Gasteiger partial charge in [0.05, 0.1) is 5.41 Å². The molecule has 2 saturated heterocycles. The molecule has 0 aromatic heterocycles. The average molecular weight is 334 g/mol. The maximum Gasteiger partial charge on any atom is 0.234 e. The number of hydrogen-bond acceptors (Lipinski definition) is 3. The average Bonchev–Trinajstić information content (AvgIpc) is 3.17. The molecule has 4 rings (SSSR count). The van der Waals surface area contributed by atoms with Crippen LogP contribution in [-0.4, -0.2) is 36.3 Å². The van der Waals surface area contributed by atoms with E-state index >= 15 is 0 Å². The minimum absolute atomic E-state index is 0.0871. The predicted octanol–water partition coefficient (Wildman–Crippen LogP) is 2.56. The molecular formula is C21H22N2O2. The first kappa shape index (κ1) is 16.0. The first-order chi connectivity index (χ1) is 12.2. The molecule has 0 saturated carbocycles. The van der Waals surface area contributed by atoms with E-state index in [-0.39, 0.29) is 17.7 Å². The first-order valence-corrected chi connectivity index (χ1v) is 8.83. The lowest BCUT2D eigenvalue weighted by Crippen LogP contribution is -2.35. The number of rotatable bonds is 4. The summed E-state index contributed by atoms with van der Waals surface area (Å²) in [5.41, 5.74) is 2.05. The molecule has 2 aliphatic heterocycles. The fourth-order valence-electron chi connectivity index (χ4n) is 4.17. The van der Waals surface area contributed by atoms with Gasteiger partial charge < -0.3 is 4.90 Å². The molecule has 0 bridgehead atoms. The maximum atomic E-state index is 12.2. The number of nitrogens with zero attached hydrogens (tertiary/aromatic N) is 1. The summed E-state index contributed by atoms with van der Waals surface area (Å²) in [6.07, 6.45) is 1.10. The van der Waals surface area contributed by atoms with Crippen LogP contribution >= 0.6 is 0 Å². The van der Waals surface area contributed by atoms with Gasteiger partial charge >= 0.3 is 0 Å². The molecule has 2 heterocycles. The van der Waals surface area contributed by atoms with Crippen molar-refractivity contribution in [3.05, 3.63) is 71.8 Å². The van der Waals surface area contributed by atoms with Gasteiger partial charge in [-0.3, -0.25) is 14.9 Å². The molecule has 1 atom stereocenters. The smallest absolute Gasteiger partial charge is 0.234 e. The Morgan fingerprint density at radius 3 is 2.08 bits per heavy atom. The topological polar surface area (TPSA) is 49.4 Å². The van der Waals surface area contributed by atoms with Crippen LogP contribution in [0, 0.1) is 5.41 Å². The minimum Gasteiger partial charge on any atom is -0.301 e. The second-order valence-corrected chi connectivity index (χ2v) is 7.19. The van der Waals surface area contributed by atoms with E-state index < -0.39 is 5.41 Å². The van der Waals surface area contributed by atoms with Gasteiger partial charge in [0, 0.05) is 25.4 Å². The van der Waals surface area contributed by atoms with Crippen LogP contribution in [0.5, 0.6) is 0 Å². The van der Waals surface area contributed by atoms with Gasteiger partial charge in [0.2, 0.25) is 11.8 Å². The van der Waals surface area contributed by atoms with Crippen LogP contribution in [-0.2, 0) is 9.59 Å². The second-order valence-electron chi connectivity index (χ2n) is 7.19. The molecular weight excluding hydrogens is 312 g/mol. The molecule has 2 aromatic carbocycles. The van der Waals surface area contributed by atoms with Crippen LogP contribution < -0.4 is 5.32 Å². The van der Waals surface area contributed by atoms with E-state index in [1.807, 2.05) is 12.1 Å². The second kappa shape index (κ2) is 6.45. The van der Waals surface area contributed by atoms with Gasteiger partial charge in [-0.25, -0.2) is 0 Å². The number of carbonyl (C=O) groups is 2. The number of hydrogen-bond donors (Lipinski definition) is 1. The molecule has 1 spiro atoms. The molecule has 0 aliphatic carbocycles. The van der Waals surface area contributed by atoms with Crippen molar-refractivity contribution in [1.29, 1.82) is 0 Å². The third kappa shape index (κ3) is 3.10. The van der Waals surface area contributed by atoms with Gasteiger partial charge in [0.15, 0.2) is 0 Å². The number of nitrogens with one attached hydrogen (secondary N) is 1. The molecule has 128 valence electrons. The van der Waals surface area contributed by atoms with E-state index in [0.717, 1.165) is 19.5 Å². The molecule has 0 unspecified atom stereocenters. The number of imide groups is 1. The van der Waals surface area contributed by atoms with E-state index in [0.29, 0.717) is 13.0 Å². The van der Waals surface area contributed by atoms with Gasteiger partial charge in [0.1, 0.15) is 0 Å². The third-order valence-corrected chi connectivity index (χ3v) is 5.51. The Balaban J connectivity index is 1.56. The maximum absolute atomic E-state index is 12.2. The largest absolute Gasteiger partial charge is 0.301 e. The Morgan fingerprint density at radius 1 is 0.960 bits per heavy atom. The van der Waals surface area contributed by atoms with Gasteiger partial charge in [-0.15, -0.1) is 0 Å². The van der Waals surface area contributed by atoms with Crippen molar-refractivity contribution in [2.45, 2.75) is 18.8 Å². The predicted molar refractivity (Wildman–Crippen MR) is 96.0 cm³/mol. The summed E-state index contributed by atoms with van der Waals surface area (Å²) in [6.45, 7) is 2.38. The van der Waals surface area contributed by atoms with Crippen molar-refractivity contribution in [3.63, 3.8) is 0 Å². The van der Waals surface area contributed by atoms with Crippen LogP contribution in [0.1, 0.15) is 29.9 Å². The van der Waals surface area contributed by atoms with Crippen molar-refractivity contribution in [1.82, 2.24) is 10.2 Å². The normalized spacial score (nSPS) is 23.6. The Labute approximate surface area is 147 Å². The summed E-state index contributed by atoms with van der Waals surface area (Å²) in [4.78, 5) is 26.2. The zero-order chi connectivity index (χ0) is 17.3. The zero-order valence-electron chi connectivity index (χ0n) is 14.2. The van der Waals surface area contributed by atoms with Crippen molar-refractivity contribution < 1.29 is 9.59 Å². The standard InChI is InChI=1S/C21H22N2O2/c24-19-13-21(20(25)22-19)11-12-23(15-21)14-18(16-7-3-1-4-8-16)17-9-5-2-6-10-17/h1-10,18H,11-15H2,(H,22,24,25)/t21-/m1/s1. The molecule has 4 nitrogen and oxygen atoms in total. The summed E-state index contributed by atoms with van der Waals surface area (Å²) in [5, 5.41) is 2.48. The molecule has 2 aliphatic rings. The SMILES string of the molecule is O=C1C[C@@]2(CCN(CC(c3ccccc3)c3ccccc3)C2)C(=O)N1. The van der Waals surface area contributed by atoms with Crippen LogP contribution in [0.3, 0.4) is 0 Å². The third-order valence-electron chi connectivity index (χ3n) is 5.51. The monoisotopic (exact) mass is 334 g/mol. The minimum atomic E-state index is -0.505. The molecule has 2 amide bonds.